The summed E-state index contributed by atoms with van der Waals surface area (Å²) in [5, 5.41) is 10.3. The van der Waals surface area contributed by atoms with Gasteiger partial charge in [-0.05, 0) is 31.0 Å². The molecule has 1 aliphatic rings. The number of amides is 1. The Morgan fingerprint density at radius 1 is 1.26 bits per heavy atom. The molecule has 2 aromatic heterocycles. The van der Waals surface area contributed by atoms with E-state index in [0.717, 1.165) is 41.3 Å². The number of hydrogen-bond acceptors (Lipinski definition) is 4. The van der Waals surface area contributed by atoms with E-state index in [0.29, 0.717) is 0 Å². The lowest BCUT2D eigenvalue weighted by atomic mass is 9.93. The zero-order valence-corrected chi connectivity index (χ0v) is 14.0. The summed E-state index contributed by atoms with van der Waals surface area (Å²) in [6, 6.07) is 6.59. The van der Waals surface area contributed by atoms with Gasteiger partial charge in [0.2, 0.25) is 0 Å². The van der Waals surface area contributed by atoms with Gasteiger partial charge in [-0.15, -0.1) is 5.10 Å². The fourth-order valence-corrected chi connectivity index (χ4v) is 3.27. The molecule has 1 atom stereocenters. The number of benzene rings is 1. The predicted molar refractivity (Wildman–Crippen MR) is 88.2 cm³/mol. The van der Waals surface area contributed by atoms with Crippen LogP contribution in [0, 0.1) is 0 Å². The summed E-state index contributed by atoms with van der Waals surface area (Å²) in [5.74, 6) is 0.346. The molecule has 1 amide bonds. The van der Waals surface area contributed by atoms with Gasteiger partial charge in [-0.25, -0.2) is 4.68 Å². The number of hydrogen-bond donors (Lipinski definition) is 1. The molecule has 0 radical (unpaired) electrons. The van der Waals surface area contributed by atoms with Gasteiger partial charge in [0.25, 0.3) is 5.91 Å². The average molecular weight is 376 g/mol. The SMILES string of the molecule is O=C(NC1CCCc2occc21)c1cn(-c2ccccc2C(F)(F)F)nn1. The Bertz CT molecular complexity index is 977. The van der Waals surface area contributed by atoms with Gasteiger partial charge in [-0.1, -0.05) is 17.3 Å². The van der Waals surface area contributed by atoms with Crippen LogP contribution in [0.5, 0.6) is 0 Å². The number of halogens is 3. The third-order valence-corrected chi connectivity index (χ3v) is 4.54. The van der Waals surface area contributed by atoms with Crippen molar-refractivity contribution < 1.29 is 22.4 Å². The second-order valence-electron chi connectivity index (χ2n) is 6.28. The van der Waals surface area contributed by atoms with Gasteiger partial charge in [0.15, 0.2) is 5.69 Å². The third-order valence-electron chi connectivity index (χ3n) is 4.54. The Morgan fingerprint density at radius 2 is 2.07 bits per heavy atom. The maximum atomic E-state index is 13.2. The lowest BCUT2D eigenvalue weighted by molar-refractivity contribution is -0.137. The molecule has 0 fully saturated rings. The number of furan rings is 1. The summed E-state index contributed by atoms with van der Waals surface area (Å²) in [6.07, 6.45) is 0.683. The van der Waals surface area contributed by atoms with Crippen LogP contribution >= 0.6 is 0 Å². The number of para-hydroxylation sites is 1. The quantitative estimate of drug-likeness (QED) is 0.757. The number of fused-ring (bicyclic) bond motifs is 1. The highest BCUT2D eigenvalue weighted by Gasteiger charge is 2.34. The monoisotopic (exact) mass is 376 g/mol. The summed E-state index contributed by atoms with van der Waals surface area (Å²) in [5.41, 5.74) is -0.171. The largest absolute Gasteiger partial charge is 0.469 e. The highest BCUT2D eigenvalue weighted by atomic mass is 19.4. The van der Waals surface area contributed by atoms with Gasteiger partial charge in [0, 0.05) is 12.0 Å². The molecule has 4 rings (SSSR count). The molecular formula is C18H15F3N4O2. The number of carbonyl (C=O) groups is 1. The van der Waals surface area contributed by atoms with E-state index in [1.54, 1.807) is 6.26 Å². The van der Waals surface area contributed by atoms with Crippen molar-refractivity contribution in [3.8, 4) is 5.69 Å². The van der Waals surface area contributed by atoms with E-state index in [4.69, 9.17) is 4.42 Å². The highest BCUT2D eigenvalue weighted by molar-refractivity contribution is 5.92. The number of aromatic nitrogens is 3. The van der Waals surface area contributed by atoms with Crippen LogP contribution in [0.3, 0.4) is 0 Å². The molecule has 0 saturated carbocycles. The molecule has 0 spiro atoms. The molecule has 140 valence electrons. The zero-order chi connectivity index (χ0) is 19.0. The van der Waals surface area contributed by atoms with Gasteiger partial charge in [0.1, 0.15) is 5.76 Å². The molecule has 2 heterocycles. The van der Waals surface area contributed by atoms with Crippen LogP contribution in [0.25, 0.3) is 5.69 Å². The van der Waals surface area contributed by atoms with Gasteiger partial charge < -0.3 is 9.73 Å². The van der Waals surface area contributed by atoms with E-state index < -0.39 is 17.6 Å². The van der Waals surface area contributed by atoms with Gasteiger partial charge in [-0.2, -0.15) is 13.2 Å². The number of aryl methyl sites for hydroxylation is 1. The van der Waals surface area contributed by atoms with Crippen molar-refractivity contribution >= 4 is 5.91 Å². The molecule has 1 aromatic carbocycles. The summed E-state index contributed by atoms with van der Waals surface area (Å²) in [6.45, 7) is 0. The number of nitrogens with zero attached hydrogens (tertiary/aromatic N) is 3. The smallest absolute Gasteiger partial charge is 0.418 e. The van der Waals surface area contributed by atoms with Crippen LogP contribution in [-0.4, -0.2) is 20.9 Å². The Labute approximate surface area is 152 Å². The number of alkyl halides is 3. The van der Waals surface area contributed by atoms with E-state index in [2.05, 4.69) is 15.6 Å². The summed E-state index contributed by atoms with van der Waals surface area (Å²) in [4.78, 5) is 12.5. The second-order valence-corrected chi connectivity index (χ2v) is 6.28. The normalized spacial score (nSPS) is 16.8. The van der Waals surface area contributed by atoms with Crippen molar-refractivity contribution in [2.24, 2.45) is 0 Å². The standard InChI is InChI=1S/C18H15F3N4O2/c19-18(20,21)12-4-1-2-6-15(12)25-10-14(23-24-25)17(26)22-13-5-3-7-16-11(13)8-9-27-16/h1-2,4,6,8-10,13H,3,5,7H2,(H,22,26). The molecule has 1 unspecified atom stereocenters. The first-order valence-electron chi connectivity index (χ1n) is 8.39. The minimum Gasteiger partial charge on any atom is -0.469 e. The van der Waals surface area contributed by atoms with Crippen molar-refractivity contribution in [1.29, 1.82) is 0 Å². The highest BCUT2D eigenvalue weighted by Crippen LogP contribution is 2.33. The Kier molecular flexibility index (Phi) is 4.21. The van der Waals surface area contributed by atoms with Crippen molar-refractivity contribution in [2.45, 2.75) is 31.5 Å². The fourth-order valence-electron chi connectivity index (χ4n) is 3.27. The van der Waals surface area contributed by atoms with Crippen LogP contribution < -0.4 is 5.32 Å². The van der Waals surface area contributed by atoms with E-state index >= 15 is 0 Å². The van der Waals surface area contributed by atoms with Gasteiger partial charge >= 0.3 is 6.18 Å². The predicted octanol–water partition coefficient (Wildman–Crippen LogP) is 3.69. The van der Waals surface area contributed by atoms with E-state index in [9.17, 15) is 18.0 Å². The van der Waals surface area contributed by atoms with Crippen molar-refractivity contribution in [1.82, 2.24) is 20.3 Å². The van der Waals surface area contributed by atoms with Crippen LogP contribution in [0.4, 0.5) is 13.2 Å². The third kappa shape index (κ3) is 3.32. The van der Waals surface area contributed by atoms with E-state index in [-0.39, 0.29) is 17.4 Å². The minimum absolute atomic E-state index is 0.0532. The van der Waals surface area contributed by atoms with Crippen molar-refractivity contribution in [2.75, 3.05) is 0 Å². The Hall–Kier alpha value is -3.10. The zero-order valence-electron chi connectivity index (χ0n) is 14.0. The fraction of sp³-hybridized carbons (Fsp3) is 0.278. The number of rotatable bonds is 3. The molecule has 0 bridgehead atoms. The molecule has 27 heavy (non-hydrogen) atoms. The first-order chi connectivity index (χ1) is 12.9. The summed E-state index contributed by atoms with van der Waals surface area (Å²) >= 11 is 0. The maximum Gasteiger partial charge on any atom is 0.418 e. The van der Waals surface area contributed by atoms with Crippen LogP contribution in [0.1, 0.15) is 46.3 Å². The summed E-state index contributed by atoms with van der Waals surface area (Å²) < 4.78 is 45.9. The van der Waals surface area contributed by atoms with Crippen LogP contribution in [-0.2, 0) is 12.6 Å². The molecule has 0 aliphatic heterocycles. The first-order valence-corrected chi connectivity index (χ1v) is 8.39. The number of carbonyl (C=O) groups excluding carboxylic acids is 1. The molecule has 1 N–H and O–H groups in total. The molecule has 9 heteroatoms. The second kappa shape index (κ2) is 6.57. The molecule has 3 aromatic rings. The van der Waals surface area contributed by atoms with Gasteiger partial charge in [-0.3, -0.25) is 4.79 Å². The Balaban J connectivity index is 1.57. The average Bonchev–Trinajstić information content (AvgIpc) is 3.31. The van der Waals surface area contributed by atoms with Crippen molar-refractivity contribution in [3.05, 3.63) is 65.4 Å². The molecule has 6 nitrogen and oxygen atoms in total. The maximum absolute atomic E-state index is 13.2. The van der Waals surface area contributed by atoms with Gasteiger partial charge in [0.05, 0.1) is 29.8 Å². The lowest BCUT2D eigenvalue weighted by Crippen LogP contribution is -2.30. The summed E-state index contributed by atoms with van der Waals surface area (Å²) in [7, 11) is 0. The van der Waals surface area contributed by atoms with Crippen LogP contribution in [0.15, 0.2) is 47.2 Å². The minimum atomic E-state index is -4.54. The lowest BCUT2D eigenvalue weighted by Gasteiger charge is -2.22. The van der Waals surface area contributed by atoms with Crippen molar-refractivity contribution in [3.63, 3.8) is 0 Å². The molecular weight excluding hydrogens is 361 g/mol. The Morgan fingerprint density at radius 3 is 2.89 bits per heavy atom. The molecule has 0 saturated heterocycles. The van der Waals surface area contributed by atoms with Crippen LogP contribution in [0.2, 0.25) is 0 Å². The van der Waals surface area contributed by atoms with E-state index in [1.165, 1.54) is 24.4 Å². The topological polar surface area (TPSA) is 73.0 Å². The van der Waals surface area contributed by atoms with E-state index in [1.807, 2.05) is 6.07 Å². The molecule has 1 aliphatic carbocycles. The number of nitrogens with one attached hydrogen (secondary N) is 1. The first kappa shape index (κ1) is 17.3.